The Balaban J connectivity index is 3.14. The molecule has 0 saturated heterocycles. The number of halogens is 1. The average molecular weight is 317 g/mol. The van der Waals surface area contributed by atoms with E-state index >= 15 is 0 Å². The van der Waals surface area contributed by atoms with Crippen molar-refractivity contribution in [2.45, 2.75) is 109 Å². The lowest BCUT2D eigenvalue weighted by Crippen LogP contribution is -2.00. The molecule has 1 atom stereocenters. The molecule has 0 aromatic rings. The van der Waals surface area contributed by atoms with Crippen molar-refractivity contribution in [3.8, 4) is 0 Å². The molecule has 0 rings (SSSR count). The Bertz CT molecular complexity index is 244. The zero-order chi connectivity index (χ0) is 16.5. The second-order valence-electron chi connectivity index (χ2n) is 6.39. The van der Waals surface area contributed by atoms with Crippen LogP contribution in [0, 0.1) is 0 Å². The third-order valence-corrected chi connectivity index (χ3v) is 4.25. The van der Waals surface area contributed by atoms with Gasteiger partial charge in [0, 0.05) is 6.42 Å². The Morgan fingerprint density at radius 2 is 1.27 bits per heavy atom. The SMILES string of the molecule is CCCCCC[C@@H](F)CCCCCCCCCCC(=O)OC. The molecular formula is C19H37FO2. The number of esters is 1. The molecule has 0 aliphatic rings. The molecule has 0 aliphatic carbocycles. The van der Waals surface area contributed by atoms with Gasteiger partial charge in [0.25, 0.3) is 0 Å². The highest BCUT2D eigenvalue weighted by Gasteiger charge is 2.05. The highest BCUT2D eigenvalue weighted by molar-refractivity contribution is 5.68. The van der Waals surface area contributed by atoms with Crippen LogP contribution in [0.1, 0.15) is 103 Å². The van der Waals surface area contributed by atoms with E-state index in [0.29, 0.717) is 6.42 Å². The van der Waals surface area contributed by atoms with Crippen molar-refractivity contribution in [1.29, 1.82) is 0 Å². The second-order valence-corrected chi connectivity index (χ2v) is 6.39. The van der Waals surface area contributed by atoms with E-state index in [1.165, 1.54) is 52.1 Å². The maximum absolute atomic E-state index is 13.6. The lowest BCUT2D eigenvalue weighted by Gasteiger charge is -2.07. The van der Waals surface area contributed by atoms with Crippen LogP contribution in [0.2, 0.25) is 0 Å². The first kappa shape index (κ1) is 21.4. The van der Waals surface area contributed by atoms with Crippen molar-refractivity contribution in [2.75, 3.05) is 7.11 Å². The third kappa shape index (κ3) is 15.8. The Morgan fingerprint density at radius 1 is 0.818 bits per heavy atom. The summed E-state index contributed by atoms with van der Waals surface area (Å²) in [5.74, 6) is -0.101. The first-order valence-corrected chi connectivity index (χ1v) is 9.41. The number of ether oxygens (including phenoxy) is 1. The lowest BCUT2D eigenvalue weighted by molar-refractivity contribution is -0.140. The largest absolute Gasteiger partial charge is 0.469 e. The molecule has 0 aliphatic heterocycles. The fraction of sp³-hybridized carbons (Fsp3) is 0.947. The normalized spacial score (nSPS) is 12.3. The van der Waals surface area contributed by atoms with Crippen LogP contribution in [-0.2, 0) is 9.53 Å². The maximum Gasteiger partial charge on any atom is 0.305 e. The van der Waals surface area contributed by atoms with Gasteiger partial charge in [-0.25, -0.2) is 4.39 Å². The molecule has 132 valence electrons. The third-order valence-electron chi connectivity index (χ3n) is 4.25. The van der Waals surface area contributed by atoms with Crippen molar-refractivity contribution in [2.24, 2.45) is 0 Å². The molecule has 0 radical (unpaired) electrons. The molecule has 0 aromatic carbocycles. The van der Waals surface area contributed by atoms with Gasteiger partial charge in [0.05, 0.1) is 7.11 Å². The molecule has 3 heteroatoms. The van der Waals surface area contributed by atoms with E-state index in [9.17, 15) is 9.18 Å². The second kappa shape index (κ2) is 16.8. The van der Waals surface area contributed by atoms with Crippen LogP contribution < -0.4 is 0 Å². The van der Waals surface area contributed by atoms with Crippen LogP contribution in [0.25, 0.3) is 0 Å². The van der Waals surface area contributed by atoms with E-state index in [1.54, 1.807) is 0 Å². The molecular weight excluding hydrogens is 279 g/mol. The number of unbranched alkanes of at least 4 members (excludes halogenated alkanes) is 10. The van der Waals surface area contributed by atoms with Crippen LogP contribution in [-0.4, -0.2) is 19.3 Å². The molecule has 0 bridgehead atoms. The number of alkyl halides is 1. The molecule has 0 unspecified atom stereocenters. The summed E-state index contributed by atoms with van der Waals surface area (Å²) >= 11 is 0. The van der Waals surface area contributed by atoms with Crippen molar-refractivity contribution < 1.29 is 13.9 Å². The topological polar surface area (TPSA) is 26.3 Å². The number of hydrogen-bond acceptors (Lipinski definition) is 2. The number of carbonyl (C=O) groups excluding carboxylic acids is 1. The summed E-state index contributed by atoms with van der Waals surface area (Å²) in [5.41, 5.74) is 0. The Labute approximate surface area is 137 Å². The van der Waals surface area contributed by atoms with E-state index in [4.69, 9.17) is 0 Å². The molecule has 0 amide bonds. The van der Waals surface area contributed by atoms with Crippen molar-refractivity contribution in [1.82, 2.24) is 0 Å². The predicted octanol–water partition coefficient (Wildman–Crippen LogP) is 6.37. The van der Waals surface area contributed by atoms with Crippen LogP contribution in [0.5, 0.6) is 0 Å². The van der Waals surface area contributed by atoms with Crippen LogP contribution >= 0.6 is 0 Å². The van der Waals surface area contributed by atoms with E-state index in [1.807, 2.05) is 0 Å². The quantitative estimate of drug-likeness (QED) is 0.244. The van der Waals surface area contributed by atoms with Crippen LogP contribution in [0.15, 0.2) is 0 Å². The zero-order valence-electron chi connectivity index (χ0n) is 14.9. The summed E-state index contributed by atoms with van der Waals surface area (Å²) in [6.07, 6.45) is 15.3. The van der Waals surface area contributed by atoms with Gasteiger partial charge in [-0.1, -0.05) is 77.6 Å². The average Bonchev–Trinajstić information content (AvgIpc) is 2.53. The highest BCUT2D eigenvalue weighted by Crippen LogP contribution is 2.16. The van der Waals surface area contributed by atoms with Gasteiger partial charge in [0.1, 0.15) is 6.17 Å². The molecule has 0 saturated carbocycles. The van der Waals surface area contributed by atoms with Gasteiger partial charge >= 0.3 is 5.97 Å². The van der Waals surface area contributed by atoms with Crippen molar-refractivity contribution in [3.63, 3.8) is 0 Å². The molecule has 0 heterocycles. The minimum Gasteiger partial charge on any atom is -0.469 e. The monoisotopic (exact) mass is 316 g/mol. The van der Waals surface area contributed by atoms with Gasteiger partial charge in [-0.15, -0.1) is 0 Å². The van der Waals surface area contributed by atoms with E-state index in [0.717, 1.165) is 44.9 Å². The molecule has 0 fully saturated rings. The highest BCUT2D eigenvalue weighted by atomic mass is 19.1. The summed E-state index contributed by atoms with van der Waals surface area (Å²) in [6, 6.07) is 0. The Morgan fingerprint density at radius 3 is 1.77 bits per heavy atom. The summed E-state index contributed by atoms with van der Waals surface area (Å²) in [5, 5.41) is 0. The van der Waals surface area contributed by atoms with Gasteiger partial charge in [0.2, 0.25) is 0 Å². The van der Waals surface area contributed by atoms with E-state index < -0.39 is 6.17 Å². The Hall–Kier alpha value is -0.600. The lowest BCUT2D eigenvalue weighted by atomic mass is 10.0. The molecule has 2 nitrogen and oxygen atoms in total. The Kier molecular flexibility index (Phi) is 16.3. The predicted molar refractivity (Wildman–Crippen MR) is 91.8 cm³/mol. The van der Waals surface area contributed by atoms with Gasteiger partial charge in [-0.05, 0) is 19.3 Å². The molecule has 0 spiro atoms. The van der Waals surface area contributed by atoms with Crippen LogP contribution in [0.3, 0.4) is 0 Å². The molecule has 0 aromatic heterocycles. The number of rotatable bonds is 16. The number of methoxy groups -OCH3 is 1. The van der Waals surface area contributed by atoms with E-state index in [2.05, 4.69) is 11.7 Å². The summed E-state index contributed by atoms with van der Waals surface area (Å²) in [7, 11) is 1.44. The zero-order valence-corrected chi connectivity index (χ0v) is 14.9. The fourth-order valence-corrected chi connectivity index (χ4v) is 2.73. The number of carbonyl (C=O) groups is 1. The summed E-state index contributed by atoms with van der Waals surface area (Å²) in [6.45, 7) is 2.19. The number of hydrogen-bond donors (Lipinski definition) is 0. The van der Waals surface area contributed by atoms with Gasteiger partial charge in [0.15, 0.2) is 0 Å². The molecule has 22 heavy (non-hydrogen) atoms. The van der Waals surface area contributed by atoms with E-state index in [-0.39, 0.29) is 5.97 Å². The minimum absolute atomic E-state index is 0.101. The van der Waals surface area contributed by atoms with Crippen molar-refractivity contribution >= 4 is 5.97 Å². The van der Waals surface area contributed by atoms with Crippen molar-refractivity contribution in [3.05, 3.63) is 0 Å². The van der Waals surface area contributed by atoms with Crippen LogP contribution in [0.4, 0.5) is 4.39 Å². The summed E-state index contributed by atoms with van der Waals surface area (Å²) in [4.78, 5) is 10.9. The minimum atomic E-state index is -0.574. The van der Waals surface area contributed by atoms with Gasteiger partial charge in [-0.3, -0.25) is 4.79 Å². The summed E-state index contributed by atoms with van der Waals surface area (Å²) < 4.78 is 18.2. The fourth-order valence-electron chi connectivity index (χ4n) is 2.73. The standard InChI is InChI=1S/C19H37FO2/c1-3-4-5-12-15-18(20)16-13-10-8-6-7-9-11-14-17-19(21)22-2/h18H,3-17H2,1-2H3/t18-/m1/s1. The van der Waals surface area contributed by atoms with Gasteiger partial charge < -0.3 is 4.74 Å². The first-order chi connectivity index (χ1) is 10.7. The smallest absolute Gasteiger partial charge is 0.305 e. The molecule has 0 N–H and O–H groups in total. The first-order valence-electron chi connectivity index (χ1n) is 9.41. The maximum atomic E-state index is 13.6. The van der Waals surface area contributed by atoms with Gasteiger partial charge in [-0.2, -0.15) is 0 Å².